The van der Waals surface area contributed by atoms with Gasteiger partial charge in [-0.25, -0.2) is 0 Å². The first kappa shape index (κ1) is 23.9. The van der Waals surface area contributed by atoms with Crippen molar-refractivity contribution < 1.29 is 14.2 Å². The summed E-state index contributed by atoms with van der Waals surface area (Å²) >= 11 is 0. The highest BCUT2D eigenvalue weighted by Crippen LogP contribution is 2.20. The fourth-order valence-electron chi connectivity index (χ4n) is 3.58. The molecule has 0 spiro atoms. The molecular weight excluding hydrogens is 404 g/mol. The van der Waals surface area contributed by atoms with Gasteiger partial charge in [-0.15, -0.1) is 0 Å². The van der Waals surface area contributed by atoms with Crippen LogP contribution in [-0.4, -0.2) is 64.0 Å². The summed E-state index contributed by atoms with van der Waals surface area (Å²) in [4.78, 5) is 6.73. The van der Waals surface area contributed by atoms with E-state index in [2.05, 4.69) is 51.7 Å². The zero-order valence-corrected chi connectivity index (χ0v) is 19.5. The number of rotatable bonds is 10. The predicted octanol–water partition coefficient (Wildman–Crippen LogP) is 2.97. The number of benzene rings is 2. The summed E-state index contributed by atoms with van der Waals surface area (Å²) in [5.41, 5.74) is 3.39. The molecule has 0 aliphatic carbocycles. The minimum Gasteiger partial charge on any atom is -0.494 e. The quantitative estimate of drug-likeness (QED) is 0.437. The molecular formula is C25H36N4O3. The Morgan fingerprint density at radius 1 is 1.00 bits per heavy atom. The number of hydrogen-bond donors (Lipinski definition) is 2. The van der Waals surface area contributed by atoms with Gasteiger partial charge < -0.3 is 24.8 Å². The third-order valence-corrected chi connectivity index (χ3v) is 5.38. The molecule has 1 aliphatic rings. The molecule has 2 aromatic rings. The molecule has 1 heterocycles. The van der Waals surface area contributed by atoms with E-state index in [0.717, 1.165) is 61.4 Å². The van der Waals surface area contributed by atoms with E-state index < -0.39 is 0 Å². The van der Waals surface area contributed by atoms with Crippen molar-refractivity contribution in [2.75, 3.05) is 53.1 Å². The molecule has 0 atom stereocenters. The lowest BCUT2D eigenvalue weighted by molar-refractivity contribution is 0.0322. The van der Waals surface area contributed by atoms with Crippen molar-refractivity contribution in [2.45, 2.75) is 26.9 Å². The molecule has 0 saturated carbocycles. The van der Waals surface area contributed by atoms with Gasteiger partial charge in [0.15, 0.2) is 5.96 Å². The molecule has 32 heavy (non-hydrogen) atoms. The summed E-state index contributed by atoms with van der Waals surface area (Å²) in [6.07, 6.45) is 0. The lowest BCUT2D eigenvalue weighted by atomic mass is 10.1. The third-order valence-electron chi connectivity index (χ3n) is 5.38. The molecule has 7 heteroatoms. The molecule has 2 aromatic carbocycles. The van der Waals surface area contributed by atoms with E-state index in [-0.39, 0.29) is 0 Å². The van der Waals surface area contributed by atoms with E-state index in [4.69, 9.17) is 14.2 Å². The molecule has 1 aliphatic heterocycles. The average molecular weight is 441 g/mol. The Morgan fingerprint density at radius 2 is 1.72 bits per heavy atom. The van der Waals surface area contributed by atoms with Gasteiger partial charge in [0, 0.05) is 50.9 Å². The first-order chi connectivity index (χ1) is 15.7. The maximum Gasteiger partial charge on any atom is 0.191 e. The zero-order valence-electron chi connectivity index (χ0n) is 19.5. The van der Waals surface area contributed by atoms with E-state index in [0.29, 0.717) is 26.3 Å². The average Bonchev–Trinajstić information content (AvgIpc) is 2.82. The summed E-state index contributed by atoms with van der Waals surface area (Å²) in [6.45, 7) is 11.1. The monoisotopic (exact) mass is 440 g/mol. The Hall–Kier alpha value is -2.77. The summed E-state index contributed by atoms with van der Waals surface area (Å²) in [5, 5.41) is 6.77. The molecule has 2 N–H and O–H groups in total. The maximum atomic E-state index is 6.09. The molecule has 1 fully saturated rings. The summed E-state index contributed by atoms with van der Waals surface area (Å²) in [7, 11) is 1.78. The number of para-hydroxylation sites is 1. The number of aliphatic imine (C=N–C) groups is 1. The van der Waals surface area contributed by atoms with Crippen molar-refractivity contribution in [1.29, 1.82) is 0 Å². The number of hydrogen-bond acceptors (Lipinski definition) is 5. The number of ether oxygens (including phenoxy) is 3. The second-order valence-corrected chi connectivity index (χ2v) is 7.73. The van der Waals surface area contributed by atoms with Crippen LogP contribution < -0.4 is 20.1 Å². The molecule has 174 valence electrons. The van der Waals surface area contributed by atoms with Crippen LogP contribution in [0.3, 0.4) is 0 Å². The SMILES string of the molecule is CCOc1cc(C)ccc1CNC(=NC)NCc1ccccc1OCCN1CCOCC1. The Morgan fingerprint density at radius 3 is 2.44 bits per heavy atom. The smallest absolute Gasteiger partial charge is 0.191 e. The molecule has 0 amide bonds. The number of guanidine groups is 1. The highest BCUT2D eigenvalue weighted by molar-refractivity contribution is 5.79. The van der Waals surface area contributed by atoms with E-state index in [1.165, 1.54) is 5.56 Å². The second-order valence-electron chi connectivity index (χ2n) is 7.73. The van der Waals surface area contributed by atoms with Gasteiger partial charge in [-0.3, -0.25) is 9.89 Å². The van der Waals surface area contributed by atoms with E-state index >= 15 is 0 Å². The van der Waals surface area contributed by atoms with Gasteiger partial charge in [0.2, 0.25) is 0 Å². The fraction of sp³-hybridized carbons (Fsp3) is 0.480. The van der Waals surface area contributed by atoms with Crippen molar-refractivity contribution in [3.05, 3.63) is 59.2 Å². The van der Waals surface area contributed by atoms with Crippen LogP contribution in [0.25, 0.3) is 0 Å². The highest BCUT2D eigenvalue weighted by Gasteiger charge is 2.11. The Balaban J connectivity index is 1.50. The van der Waals surface area contributed by atoms with E-state index in [1.807, 2.05) is 25.1 Å². The second kappa shape index (κ2) is 12.9. The van der Waals surface area contributed by atoms with Crippen molar-refractivity contribution in [3.63, 3.8) is 0 Å². The van der Waals surface area contributed by atoms with Crippen LogP contribution in [0.2, 0.25) is 0 Å². The first-order valence-electron chi connectivity index (χ1n) is 11.4. The van der Waals surface area contributed by atoms with Crippen molar-refractivity contribution in [2.24, 2.45) is 4.99 Å². The normalized spacial score (nSPS) is 14.8. The van der Waals surface area contributed by atoms with Crippen LogP contribution in [0.5, 0.6) is 11.5 Å². The van der Waals surface area contributed by atoms with Gasteiger partial charge in [-0.1, -0.05) is 30.3 Å². The van der Waals surface area contributed by atoms with Gasteiger partial charge in [-0.2, -0.15) is 0 Å². The number of nitrogens with zero attached hydrogens (tertiary/aromatic N) is 2. The topological polar surface area (TPSA) is 67.3 Å². The Bertz CT molecular complexity index is 866. The van der Waals surface area contributed by atoms with Gasteiger partial charge in [0.1, 0.15) is 18.1 Å². The minimum atomic E-state index is 0.625. The number of morpholine rings is 1. The van der Waals surface area contributed by atoms with Crippen LogP contribution in [0.4, 0.5) is 0 Å². The third kappa shape index (κ3) is 7.43. The van der Waals surface area contributed by atoms with E-state index in [9.17, 15) is 0 Å². The molecule has 1 saturated heterocycles. The largest absolute Gasteiger partial charge is 0.494 e. The standard InChI is InChI=1S/C25H36N4O3/c1-4-31-24-17-20(2)9-10-22(24)19-28-25(26-3)27-18-21-7-5-6-8-23(21)32-16-13-29-11-14-30-15-12-29/h5-10,17H,4,11-16,18-19H2,1-3H3,(H2,26,27,28). The van der Waals surface area contributed by atoms with E-state index in [1.54, 1.807) is 7.05 Å². The summed E-state index contributed by atoms with van der Waals surface area (Å²) in [6, 6.07) is 14.4. The van der Waals surface area contributed by atoms with Crippen molar-refractivity contribution in [1.82, 2.24) is 15.5 Å². The van der Waals surface area contributed by atoms with Crippen LogP contribution >= 0.6 is 0 Å². The first-order valence-corrected chi connectivity index (χ1v) is 11.4. The number of nitrogens with one attached hydrogen (secondary N) is 2. The maximum absolute atomic E-state index is 6.09. The lowest BCUT2D eigenvalue weighted by Crippen LogP contribution is -2.38. The van der Waals surface area contributed by atoms with Crippen LogP contribution in [-0.2, 0) is 17.8 Å². The molecule has 0 radical (unpaired) electrons. The van der Waals surface area contributed by atoms with Gasteiger partial charge in [0.05, 0.1) is 19.8 Å². The van der Waals surface area contributed by atoms with Gasteiger partial charge >= 0.3 is 0 Å². The van der Waals surface area contributed by atoms with Gasteiger partial charge in [0.25, 0.3) is 0 Å². The highest BCUT2D eigenvalue weighted by atomic mass is 16.5. The fourth-order valence-corrected chi connectivity index (χ4v) is 3.58. The molecule has 7 nitrogen and oxygen atoms in total. The number of aryl methyl sites for hydroxylation is 1. The van der Waals surface area contributed by atoms with Crippen molar-refractivity contribution in [3.8, 4) is 11.5 Å². The van der Waals surface area contributed by atoms with Crippen LogP contribution in [0.15, 0.2) is 47.5 Å². The van der Waals surface area contributed by atoms with Gasteiger partial charge in [-0.05, 0) is 31.5 Å². The molecule has 3 rings (SSSR count). The minimum absolute atomic E-state index is 0.625. The van der Waals surface area contributed by atoms with Crippen molar-refractivity contribution >= 4 is 5.96 Å². The molecule has 0 unspecified atom stereocenters. The lowest BCUT2D eigenvalue weighted by Gasteiger charge is -2.26. The predicted molar refractivity (Wildman–Crippen MR) is 129 cm³/mol. The van der Waals surface area contributed by atoms with Crippen LogP contribution in [0.1, 0.15) is 23.6 Å². The van der Waals surface area contributed by atoms with Crippen LogP contribution in [0, 0.1) is 6.92 Å². The molecule has 0 bridgehead atoms. The summed E-state index contributed by atoms with van der Waals surface area (Å²) in [5.74, 6) is 2.55. The Kier molecular flexibility index (Phi) is 9.65. The summed E-state index contributed by atoms with van der Waals surface area (Å²) < 4.78 is 17.3. The Labute approximate surface area is 191 Å². The zero-order chi connectivity index (χ0) is 22.6. The molecule has 0 aromatic heterocycles.